The summed E-state index contributed by atoms with van der Waals surface area (Å²) in [6.45, 7) is 2.45. The maximum atomic E-state index is 10.4. The first-order chi connectivity index (χ1) is 7.86. The van der Waals surface area contributed by atoms with E-state index in [9.17, 15) is 5.11 Å². The van der Waals surface area contributed by atoms with Crippen LogP contribution in [0.15, 0.2) is 18.2 Å². The number of aliphatic hydroxyl groups is 1. The van der Waals surface area contributed by atoms with Crippen LogP contribution in [0.1, 0.15) is 23.7 Å². The minimum absolute atomic E-state index is 0.258. The second kappa shape index (κ2) is 4.07. The number of benzene rings is 1. The minimum Gasteiger partial charge on any atom is -0.388 e. The van der Waals surface area contributed by atoms with Crippen molar-refractivity contribution in [1.29, 1.82) is 0 Å². The van der Waals surface area contributed by atoms with Gasteiger partial charge < -0.3 is 15.2 Å². The fourth-order valence-electron chi connectivity index (χ4n) is 2.67. The van der Waals surface area contributed by atoms with Gasteiger partial charge in [-0.2, -0.15) is 0 Å². The van der Waals surface area contributed by atoms with Gasteiger partial charge in [-0.25, -0.2) is 0 Å². The summed E-state index contributed by atoms with van der Waals surface area (Å²) >= 11 is 0. The van der Waals surface area contributed by atoms with Crippen molar-refractivity contribution in [2.24, 2.45) is 5.92 Å². The number of para-hydroxylation sites is 1. The van der Waals surface area contributed by atoms with Crippen molar-refractivity contribution in [3.05, 3.63) is 29.3 Å². The van der Waals surface area contributed by atoms with Gasteiger partial charge in [-0.1, -0.05) is 18.2 Å². The van der Waals surface area contributed by atoms with Gasteiger partial charge >= 0.3 is 0 Å². The van der Waals surface area contributed by atoms with E-state index < -0.39 is 0 Å². The lowest BCUT2D eigenvalue weighted by Crippen LogP contribution is -2.14. The number of ether oxygens (including phenoxy) is 1. The molecule has 16 heavy (non-hydrogen) atoms. The van der Waals surface area contributed by atoms with E-state index in [1.807, 2.05) is 12.1 Å². The third-order valence-corrected chi connectivity index (χ3v) is 3.61. The number of rotatable bonds is 2. The zero-order valence-electron chi connectivity index (χ0n) is 9.28. The fraction of sp³-hybridized carbons (Fsp3) is 0.538. The van der Waals surface area contributed by atoms with Crippen molar-refractivity contribution in [1.82, 2.24) is 0 Å². The fourth-order valence-corrected chi connectivity index (χ4v) is 2.67. The maximum Gasteiger partial charge on any atom is 0.0861 e. The lowest BCUT2D eigenvalue weighted by Gasteiger charge is -2.19. The molecule has 0 amide bonds. The van der Waals surface area contributed by atoms with Crippen molar-refractivity contribution >= 4 is 5.69 Å². The lowest BCUT2D eigenvalue weighted by molar-refractivity contribution is 0.0923. The molecule has 0 spiro atoms. The Labute approximate surface area is 95.4 Å². The molecule has 3 heteroatoms. The maximum absolute atomic E-state index is 10.4. The molecule has 0 bridgehead atoms. The summed E-state index contributed by atoms with van der Waals surface area (Å²) in [5.41, 5.74) is 3.53. The van der Waals surface area contributed by atoms with Gasteiger partial charge in [0.15, 0.2) is 0 Å². The van der Waals surface area contributed by atoms with Crippen molar-refractivity contribution in [2.45, 2.75) is 18.9 Å². The average Bonchev–Trinajstić information content (AvgIpc) is 2.98. The summed E-state index contributed by atoms with van der Waals surface area (Å²) in [4.78, 5) is 0. The van der Waals surface area contributed by atoms with Gasteiger partial charge in [0.2, 0.25) is 0 Å². The van der Waals surface area contributed by atoms with Crippen LogP contribution in [0.25, 0.3) is 0 Å². The molecular weight excluding hydrogens is 202 g/mol. The Balaban J connectivity index is 1.91. The summed E-state index contributed by atoms with van der Waals surface area (Å²) < 4.78 is 5.34. The summed E-state index contributed by atoms with van der Waals surface area (Å²) in [6.07, 6.45) is 1.64. The van der Waals surface area contributed by atoms with Crippen molar-refractivity contribution in [2.75, 3.05) is 25.1 Å². The number of fused-ring (bicyclic) bond motifs is 1. The van der Waals surface area contributed by atoms with E-state index in [1.54, 1.807) is 0 Å². The van der Waals surface area contributed by atoms with E-state index in [-0.39, 0.29) is 12.0 Å². The topological polar surface area (TPSA) is 41.5 Å². The molecule has 0 aromatic heterocycles. The summed E-state index contributed by atoms with van der Waals surface area (Å²) in [5, 5.41) is 13.7. The molecule has 0 radical (unpaired) electrons. The summed E-state index contributed by atoms with van der Waals surface area (Å²) in [7, 11) is 0. The van der Waals surface area contributed by atoms with Crippen LogP contribution in [-0.2, 0) is 11.2 Å². The lowest BCUT2D eigenvalue weighted by atomic mass is 9.93. The third kappa shape index (κ3) is 1.60. The third-order valence-electron chi connectivity index (χ3n) is 3.61. The predicted octanol–water partition coefficient (Wildman–Crippen LogP) is 1.72. The Bertz CT molecular complexity index is 386. The second-order valence-electron chi connectivity index (χ2n) is 4.63. The molecule has 3 nitrogen and oxygen atoms in total. The van der Waals surface area contributed by atoms with E-state index in [1.165, 1.54) is 5.56 Å². The van der Waals surface area contributed by atoms with Gasteiger partial charge in [0.05, 0.1) is 12.7 Å². The van der Waals surface area contributed by atoms with Gasteiger partial charge in [0, 0.05) is 30.3 Å². The quantitative estimate of drug-likeness (QED) is 0.796. The molecule has 3 rings (SSSR count). The van der Waals surface area contributed by atoms with Gasteiger partial charge in [0.25, 0.3) is 0 Å². The number of hydrogen-bond acceptors (Lipinski definition) is 3. The molecule has 2 heterocycles. The molecule has 2 aliphatic heterocycles. The van der Waals surface area contributed by atoms with E-state index in [2.05, 4.69) is 11.4 Å². The molecule has 86 valence electrons. The normalized spacial score (nSPS) is 25.2. The Kier molecular flexibility index (Phi) is 2.58. The first-order valence-corrected chi connectivity index (χ1v) is 5.98. The van der Waals surface area contributed by atoms with Crippen molar-refractivity contribution in [3.63, 3.8) is 0 Å². The minimum atomic E-state index is -0.386. The van der Waals surface area contributed by atoms with Crippen molar-refractivity contribution in [3.8, 4) is 0 Å². The van der Waals surface area contributed by atoms with Crippen LogP contribution in [0.4, 0.5) is 5.69 Å². The molecule has 1 fully saturated rings. The molecule has 2 aliphatic rings. The largest absolute Gasteiger partial charge is 0.388 e. The first kappa shape index (κ1) is 10.1. The van der Waals surface area contributed by atoms with Crippen LogP contribution in [-0.4, -0.2) is 24.9 Å². The van der Waals surface area contributed by atoms with Gasteiger partial charge in [0.1, 0.15) is 0 Å². The molecule has 0 aliphatic carbocycles. The second-order valence-corrected chi connectivity index (χ2v) is 4.63. The van der Waals surface area contributed by atoms with Gasteiger partial charge in [-0.15, -0.1) is 0 Å². The zero-order chi connectivity index (χ0) is 11.0. The number of aliphatic hydroxyl groups excluding tert-OH is 1. The SMILES string of the molecule is OC(c1cccc2c1NCC2)C1CCOC1. The van der Waals surface area contributed by atoms with Crippen LogP contribution in [0.5, 0.6) is 0 Å². The number of anilines is 1. The zero-order valence-corrected chi connectivity index (χ0v) is 9.28. The molecule has 1 aromatic carbocycles. The number of hydrogen-bond donors (Lipinski definition) is 2. The van der Waals surface area contributed by atoms with Crippen LogP contribution in [0, 0.1) is 5.92 Å². The first-order valence-electron chi connectivity index (χ1n) is 5.98. The molecule has 1 saturated heterocycles. The van der Waals surface area contributed by atoms with Crippen molar-refractivity contribution < 1.29 is 9.84 Å². The van der Waals surface area contributed by atoms with E-state index >= 15 is 0 Å². The van der Waals surface area contributed by atoms with E-state index in [0.717, 1.165) is 37.2 Å². The Hall–Kier alpha value is -1.06. The highest BCUT2D eigenvalue weighted by atomic mass is 16.5. The predicted molar refractivity (Wildman–Crippen MR) is 62.5 cm³/mol. The highest BCUT2D eigenvalue weighted by Crippen LogP contribution is 2.36. The number of nitrogens with one attached hydrogen (secondary N) is 1. The van der Waals surface area contributed by atoms with E-state index in [4.69, 9.17) is 4.74 Å². The molecule has 0 saturated carbocycles. The van der Waals surface area contributed by atoms with Gasteiger partial charge in [-0.3, -0.25) is 0 Å². The van der Waals surface area contributed by atoms with E-state index in [0.29, 0.717) is 6.61 Å². The highest BCUT2D eigenvalue weighted by molar-refractivity contribution is 5.62. The summed E-state index contributed by atoms with van der Waals surface area (Å²) in [5.74, 6) is 0.258. The summed E-state index contributed by atoms with van der Waals surface area (Å²) in [6, 6.07) is 6.21. The van der Waals surface area contributed by atoms with Crippen LogP contribution in [0.3, 0.4) is 0 Å². The molecular formula is C13H17NO2. The Morgan fingerprint density at radius 3 is 3.19 bits per heavy atom. The standard InChI is InChI=1S/C13H17NO2/c15-13(10-5-7-16-8-10)11-3-1-2-9-4-6-14-12(9)11/h1-3,10,13-15H,4-8H2. The monoisotopic (exact) mass is 219 g/mol. The highest BCUT2D eigenvalue weighted by Gasteiger charge is 2.28. The molecule has 2 unspecified atom stereocenters. The van der Waals surface area contributed by atoms with Gasteiger partial charge in [-0.05, 0) is 18.4 Å². The van der Waals surface area contributed by atoms with Crippen LogP contribution < -0.4 is 5.32 Å². The Morgan fingerprint density at radius 2 is 2.38 bits per heavy atom. The molecule has 2 N–H and O–H groups in total. The van der Waals surface area contributed by atoms with Crippen LogP contribution in [0.2, 0.25) is 0 Å². The van der Waals surface area contributed by atoms with Crippen LogP contribution >= 0.6 is 0 Å². The molecule has 1 aromatic rings. The average molecular weight is 219 g/mol. The Morgan fingerprint density at radius 1 is 1.44 bits per heavy atom. The smallest absolute Gasteiger partial charge is 0.0861 e. The molecule has 2 atom stereocenters.